The van der Waals surface area contributed by atoms with Crippen LogP contribution in [0, 0.1) is 0 Å². The van der Waals surface area contributed by atoms with Gasteiger partial charge in [0.25, 0.3) is 0 Å². The molecule has 234 valence electrons. The number of anilines is 2. The van der Waals surface area contributed by atoms with Crippen LogP contribution in [0.3, 0.4) is 0 Å². The minimum Gasteiger partial charge on any atom is -0.480 e. The van der Waals surface area contributed by atoms with E-state index in [1.165, 1.54) is 23.4 Å². The number of nitrogens with zero attached hydrogens (tertiary/aromatic N) is 7. The van der Waals surface area contributed by atoms with Gasteiger partial charge >= 0.3 is 11.7 Å². The average molecular weight is 607 g/mol. The molecule has 0 spiro atoms. The van der Waals surface area contributed by atoms with Crippen LogP contribution in [-0.4, -0.2) is 122 Å². The summed E-state index contributed by atoms with van der Waals surface area (Å²) in [6.45, 7) is -0.350. The van der Waals surface area contributed by atoms with Crippen molar-refractivity contribution in [1.82, 2.24) is 34.0 Å². The van der Waals surface area contributed by atoms with E-state index in [1.54, 1.807) is 4.90 Å². The zero-order valence-corrected chi connectivity index (χ0v) is 22.8. The van der Waals surface area contributed by atoms with Crippen molar-refractivity contribution < 1.29 is 39.8 Å². The molecule has 11 N–H and O–H groups in total. The van der Waals surface area contributed by atoms with E-state index in [-0.39, 0.29) is 49.8 Å². The summed E-state index contributed by atoms with van der Waals surface area (Å²) in [7, 11) is 0. The number of aromatic nitrogens is 6. The number of rotatable bonds is 11. The second kappa shape index (κ2) is 12.4. The van der Waals surface area contributed by atoms with Crippen LogP contribution in [0.4, 0.5) is 11.6 Å². The van der Waals surface area contributed by atoms with Crippen LogP contribution in [0.5, 0.6) is 0 Å². The Morgan fingerprint density at radius 2 is 1.86 bits per heavy atom. The number of hydrogen-bond donors (Lipinski definition) is 8. The Kier molecular flexibility index (Phi) is 8.85. The standard InChI is InChI=1S/C24H34N10O9/c25-11(23(39)40)1-2-32(4-10-5-33(24(41)31-19(10)26)15-3-12(36)14(7-35)42-15)6-13-17(37)18(38)22(43-13)34-9-30-16-20(27)28-8-29-21(16)34/h5,8-9,11-15,17-18,22,35-38H,1-4,6-7,25H2,(H,39,40)(H2,26,31,41)(H2,27,28,29)/t11-,12-,13+,14+,15+,17+,18+,22+/m0/s1. The molecule has 5 heterocycles. The lowest BCUT2D eigenvalue weighted by Gasteiger charge is -2.28. The van der Waals surface area contributed by atoms with E-state index in [1.807, 2.05) is 0 Å². The second-order valence-electron chi connectivity index (χ2n) is 10.6. The number of nitrogens with two attached hydrogens (primary N) is 3. The zero-order valence-electron chi connectivity index (χ0n) is 22.8. The van der Waals surface area contributed by atoms with E-state index >= 15 is 0 Å². The van der Waals surface area contributed by atoms with Gasteiger partial charge in [-0.2, -0.15) is 4.98 Å². The van der Waals surface area contributed by atoms with Crippen molar-refractivity contribution in [3.8, 4) is 0 Å². The quantitative estimate of drug-likeness (QED) is 0.103. The molecule has 0 bridgehead atoms. The molecule has 2 aliphatic rings. The van der Waals surface area contributed by atoms with Gasteiger partial charge in [0, 0.05) is 37.8 Å². The van der Waals surface area contributed by atoms with Crippen LogP contribution in [-0.2, 0) is 20.8 Å². The van der Waals surface area contributed by atoms with Crippen molar-refractivity contribution >= 4 is 28.8 Å². The Morgan fingerprint density at radius 3 is 2.56 bits per heavy atom. The van der Waals surface area contributed by atoms with E-state index in [2.05, 4.69) is 19.9 Å². The first-order chi connectivity index (χ1) is 20.5. The minimum absolute atomic E-state index is 0.00919. The molecule has 3 aromatic rings. The topological polar surface area (TPSA) is 296 Å². The molecule has 0 amide bonds. The Balaban J connectivity index is 1.38. The zero-order chi connectivity index (χ0) is 31.0. The summed E-state index contributed by atoms with van der Waals surface area (Å²) >= 11 is 0. The molecule has 0 aromatic carbocycles. The fraction of sp³-hybridized carbons (Fsp3) is 0.583. The van der Waals surface area contributed by atoms with Crippen molar-refractivity contribution in [2.45, 2.75) is 68.4 Å². The number of ether oxygens (including phenoxy) is 2. The largest absolute Gasteiger partial charge is 0.480 e. The molecule has 2 saturated heterocycles. The van der Waals surface area contributed by atoms with Gasteiger partial charge in [-0.1, -0.05) is 0 Å². The molecular formula is C24H34N10O9. The van der Waals surface area contributed by atoms with Crippen LogP contribution >= 0.6 is 0 Å². The van der Waals surface area contributed by atoms with E-state index in [0.717, 1.165) is 4.57 Å². The number of nitrogen functional groups attached to an aromatic ring is 2. The van der Waals surface area contributed by atoms with Gasteiger partial charge in [0.15, 0.2) is 17.7 Å². The molecule has 2 aliphatic heterocycles. The molecule has 8 atom stereocenters. The molecule has 19 heteroatoms. The third-order valence-corrected chi connectivity index (χ3v) is 7.66. The van der Waals surface area contributed by atoms with Gasteiger partial charge in [-0.3, -0.25) is 18.8 Å². The van der Waals surface area contributed by atoms with E-state index < -0.39 is 67.3 Å². The van der Waals surface area contributed by atoms with Gasteiger partial charge in [0.2, 0.25) is 0 Å². The molecule has 43 heavy (non-hydrogen) atoms. The first-order valence-corrected chi connectivity index (χ1v) is 13.5. The minimum atomic E-state index is -1.39. The Morgan fingerprint density at radius 1 is 1.09 bits per heavy atom. The molecule has 2 fully saturated rings. The summed E-state index contributed by atoms with van der Waals surface area (Å²) in [5.74, 6) is -1.17. The van der Waals surface area contributed by atoms with Crippen molar-refractivity contribution in [1.29, 1.82) is 0 Å². The number of fused-ring (bicyclic) bond motifs is 1. The number of imidazole rings is 1. The molecule has 5 rings (SSSR count). The average Bonchev–Trinajstić information content (AvgIpc) is 3.64. The van der Waals surface area contributed by atoms with E-state index in [0.29, 0.717) is 11.1 Å². The third-order valence-electron chi connectivity index (χ3n) is 7.66. The first-order valence-electron chi connectivity index (χ1n) is 13.5. The number of aliphatic hydroxyl groups excluding tert-OH is 4. The van der Waals surface area contributed by atoms with Crippen molar-refractivity contribution in [2.24, 2.45) is 5.73 Å². The van der Waals surface area contributed by atoms with Crippen molar-refractivity contribution in [3.05, 3.63) is 34.9 Å². The maximum Gasteiger partial charge on any atom is 0.351 e. The highest BCUT2D eigenvalue weighted by molar-refractivity contribution is 5.81. The SMILES string of the molecule is Nc1nc(=O)n([C@H]2C[C@H](O)[C@@H](CO)O2)cc1CN(CC[C@H](N)C(=O)O)C[C@H]1O[C@@H](n2cnc3c(N)ncnc32)[C@H](O)[C@@H]1O. The maximum atomic E-state index is 12.6. The van der Waals surface area contributed by atoms with Gasteiger partial charge in [0.05, 0.1) is 19.0 Å². The van der Waals surface area contributed by atoms with Gasteiger partial charge in [0.1, 0.15) is 54.3 Å². The number of carboxylic acids is 1. The lowest BCUT2D eigenvalue weighted by atomic mass is 10.1. The highest BCUT2D eigenvalue weighted by atomic mass is 16.6. The van der Waals surface area contributed by atoms with Crippen LogP contribution in [0.15, 0.2) is 23.6 Å². The van der Waals surface area contributed by atoms with E-state index in [9.17, 15) is 35.1 Å². The van der Waals surface area contributed by atoms with Gasteiger partial charge in [-0.15, -0.1) is 0 Å². The van der Waals surface area contributed by atoms with Crippen LogP contribution in [0.1, 0.15) is 30.9 Å². The summed E-state index contributed by atoms with van der Waals surface area (Å²) in [6, 6.07) is -1.19. The predicted molar refractivity (Wildman–Crippen MR) is 146 cm³/mol. The monoisotopic (exact) mass is 606 g/mol. The molecule has 0 radical (unpaired) electrons. The van der Waals surface area contributed by atoms with Crippen LogP contribution < -0.4 is 22.9 Å². The van der Waals surface area contributed by atoms with Crippen molar-refractivity contribution in [3.63, 3.8) is 0 Å². The molecular weight excluding hydrogens is 572 g/mol. The number of carboxylic acid groups (broad SMARTS) is 1. The third kappa shape index (κ3) is 6.15. The molecule has 19 nitrogen and oxygen atoms in total. The lowest BCUT2D eigenvalue weighted by molar-refractivity contribution is -0.138. The molecule has 0 unspecified atom stereocenters. The predicted octanol–water partition coefficient (Wildman–Crippen LogP) is -3.89. The number of carbonyl (C=O) groups is 1. The van der Waals surface area contributed by atoms with Gasteiger partial charge in [-0.05, 0) is 6.42 Å². The fourth-order valence-electron chi connectivity index (χ4n) is 5.24. The number of hydrogen-bond acceptors (Lipinski definition) is 16. The van der Waals surface area contributed by atoms with Gasteiger partial charge < -0.3 is 52.2 Å². The maximum absolute atomic E-state index is 12.6. The van der Waals surface area contributed by atoms with Crippen LogP contribution in [0.2, 0.25) is 0 Å². The van der Waals surface area contributed by atoms with Crippen LogP contribution in [0.25, 0.3) is 11.2 Å². The Labute approximate surface area is 243 Å². The first kappa shape index (κ1) is 30.6. The lowest BCUT2D eigenvalue weighted by Crippen LogP contribution is -2.42. The summed E-state index contributed by atoms with van der Waals surface area (Å²) < 4.78 is 14.2. The number of aliphatic carboxylic acids is 1. The van der Waals surface area contributed by atoms with Crippen molar-refractivity contribution in [2.75, 3.05) is 31.2 Å². The molecule has 0 aliphatic carbocycles. The Hall–Kier alpha value is -3.82. The normalized spacial score (nSPS) is 28.2. The summed E-state index contributed by atoms with van der Waals surface area (Å²) in [5.41, 5.74) is 17.9. The van der Waals surface area contributed by atoms with Gasteiger partial charge in [-0.25, -0.2) is 19.7 Å². The van der Waals surface area contributed by atoms with E-state index in [4.69, 9.17) is 26.7 Å². The Bertz CT molecular complexity index is 1520. The summed E-state index contributed by atoms with van der Waals surface area (Å²) in [5, 5.41) is 50.7. The fourth-order valence-corrected chi connectivity index (χ4v) is 5.24. The highest BCUT2D eigenvalue weighted by Gasteiger charge is 2.45. The molecule has 0 saturated carbocycles. The summed E-state index contributed by atoms with van der Waals surface area (Å²) in [4.78, 5) is 41.8. The number of aliphatic hydroxyl groups is 4. The second-order valence-corrected chi connectivity index (χ2v) is 10.6. The molecule has 3 aromatic heterocycles. The highest BCUT2D eigenvalue weighted by Crippen LogP contribution is 2.33. The smallest absolute Gasteiger partial charge is 0.351 e. The summed E-state index contributed by atoms with van der Waals surface area (Å²) in [6.07, 6.45) is -3.53.